The van der Waals surface area contributed by atoms with Gasteiger partial charge in [0.05, 0.1) is 22.6 Å². The molecule has 4 aromatic carbocycles. The summed E-state index contributed by atoms with van der Waals surface area (Å²) in [5.74, 6) is -2.47. The lowest BCUT2D eigenvalue weighted by molar-refractivity contribution is -0.138. The minimum atomic E-state index is -4.63. The van der Waals surface area contributed by atoms with Crippen LogP contribution >= 0.6 is 0 Å². The first kappa shape index (κ1) is 42.6. The summed E-state index contributed by atoms with van der Waals surface area (Å²) in [6.45, 7) is 0.129. The summed E-state index contributed by atoms with van der Waals surface area (Å²) in [6.07, 6.45) is -4.33. The Bertz CT molecular complexity index is 2220. The molecule has 0 bridgehead atoms. The molecule has 2 aliphatic rings. The van der Waals surface area contributed by atoms with E-state index in [0.717, 1.165) is 56.1 Å². The van der Waals surface area contributed by atoms with Crippen LogP contribution in [0.4, 0.5) is 37.7 Å². The van der Waals surface area contributed by atoms with Crippen LogP contribution in [0.15, 0.2) is 97.1 Å². The molecular weight excluding hydrogens is 811 g/mol. The van der Waals surface area contributed by atoms with Gasteiger partial charge < -0.3 is 10.6 Å². The van der Waals surface area contributed by atoms with Crippen LogP contribution < -0.4 is 10.6 Å². The van der Waals surface area contributed by atoms with Gasteiger partial charge in [-0.2, -0.15) is 35.0 Å². The van der Waals surface area contributed by atoms with E-state index in [9.17, 15) is 52.8 Å². The quantitative estimate of drug-likeness (QED) is 0.111. The van der Waals surface area contributed by atoms with Gasteiger partial charge in [0.25, 0.3) is 0 Å². The van der Waals surface area contributed by atoms with Crippen molar-refractivity contribution in [1.29, 1.82) is 0 Å². The molecule has 2 saturated heterocycles. The van der Waals surface area contributed by atoms with Gasteiger partial charge in [0.2, 0.25) is 31.9 Å². The Balaban J connectivity index is 1.01. The summed E-state index contributed by atoms with van der Waals surface area (Å²) in [5, 5.41) is 5.45. The fourth-order valence-corrected chi connectivity index (χ4v) is 10.5. The maximum Gasteiger partial charge on any atom is 0.416 e. The number of hydrogen-bond donors (Lipinski definition) is 2. The number of halogens is 6. The molecule has 0 saturated carbocycles. The minimum Gasteiger partial charge on any atom is -0.325 e. The summed E-state index contributed by atoms with van der Waals surface area (Å²) in [7, 11) is -8.23. The fraction of sp³-hybridized carbons (Fsp3) is 0.300. The van der Waals surface area contributed by atoms with Crippen LogP contribution in [0.2, 0.25) is 0 Å². The number of carbonyl (C=O) groups is 2. The average Bonchev–Trinajstić information content (AvgIpc) is 3.87. The Morgan fingerprint density at radius 3 is 1.29 bits per heavy atom. The summed E-state index contributed by atoms with van der Waals surface area (Å²) >= 11 is 0. The summed E-state index contributed by atoms with van der Waals surface area (Å²) in [5.41, 5.74) is 0.353. The molecule has 18 heteroatoms. The summed E-state index contributed by atoms with van der Waals surface area (Å²) in [4.78, 5) is 26.3. The van der Waals surface area contributed by atoms with Crippen LogP contribution in [0.3, 0.4) is 0 Å². The number of benzene rings is 4. The molecule has 0 unspecified atom stereocenters. The van der Waals surface area contributed by atoms with Gasteiger partial charge in [-0.25, -0.2) is 16.8 Å². The fourth-order valence-electron chi connectivity index (χ4n) is 6.93. The number of alkyl halides is 6. The van der Waals surface area contributed by atoms with Crippen LogP contribution in [0.1, 0.15) is 59.1 Å². The van der Waals surface area contributed by atoms with Crippen molar-refractivity contribution in [2.45, 2.75) is 61.6 Å². The van der Waals surface area contributed by atoms with Crippen molar-refractivity contribution in [3.8, 4) is 0 Å². The van der Waals surface area contributed by atoms with Crippen LogP contribution in [0.25, 0.3) is 12.2 Å². The zero-order valence-electron chi connectivity index (χ0n) is 30.6. The van der Waals surface area contributed by atoms with Crippen LogP contribution in [0, 0.1) is 0 Å². The van der Waals surface area contributed by atoms with E-state index >= 15 is 0 Å². The minimum absolute atomic E-state index is 0.0344. The predicted octanol–water partition coefficient (Wildman–Crippen LogP) is 7.76. The topological polar surface area (TPSA) is 133 Å². The molecule has 2 atom stereocenters. The second-order valence-electron chi connectivity index (χ2n) is 14.0. The molecule has 308 valence electrons. The van der Waals surface area contributed by atoms with E-state index in [4.69, 9.17) is 0 Å². The van der Waals surface area contributed by atoms with Gasteiger partial charge in [-0.05, 0) is 84.3 Å². The molecule has 4 aromatic rings. The molecule has 0 spiro atoms. The number of anilines is 2. The highest BCUT2D eigenvalue weighted by molar-refractivity contribution is 7.88. The smallest absolute Gasteiger partial charge is 0.325 e. The number of nitrogens with one attached hydrogen (secondary N) is 2. The second-order valence-corrected chi connectivity index (χ2v) is 17.8. The molecule has 2 N–H and O–H groups in total. The van der Waals surface area contributed by atoms with Crippen LogP contribution in [-0.2, 0) is 53.5 Å². The third-order valence-corrected chi connectivity index (χ3v) is 13.5. The maximum absolute atomic E-state index is 13.2. The van der Waals surface area contributed by atoms with Crippen molar-refractivity contribution < 1.29 is 52.8 Å². The number of hydrogen-bond acceptors (Lipinski definition) is 6. The third kappa shape index (κ3) is 10.5. The molecule has 2 fully saturated rings. The van der Waals surface area contributed by atoms with Gasteiger partial charge in [-0.3, -0.25) is 9.59 Å². The highest BCUT2D eigenvalue weighted by Gasteiger charge is 2.40. The van der Waals surface area contributed by atoms with Gasteiger partial charge in [0.1, 0.15) is 12.1 Å². The van der Waals surface area contributed by atoms with E-state index in [0.29, 0.717) is 24.2 Å². The lowest BCUT2D eigenvalue weighted by Crippen LogP contribution is -2.43. The molecule has 10 nitrogen and oxygen atoms in total. The molecule has 2 amide bonds. The zero-order chi connectivity index (χ0) is 41.9. The molecule has 58 heavy (non-hydrogen) atoms. The standard InChI is InChI=1S/C40H38F6N4O6S2/c41-39(42,43)31-7-1-5-29(23-31)25-57(53,54)49-21-3-9-35(49)37(51)47-33-17-13-27(14-18-33)11-12-28-15-19-34(20-16-28)48-38(52)36-10-4-22-50(36)58(55,56)26-30-6-2-8-32(24-30)40(44,45)46/h1-2,5-8,11-20,23-24,35-36H,3-4,9-10,21-22,25-26H2,(H,47,51)(H,48,52)/b12-11+/t35-,36-/m0/s1. The first-order chi connectivity index (χ1) is 27.3. The van der Waals surface area contributed by atoms with Crippen molar-refractivity contribution in [1.82, 2.24) is 8.61 Å². The van der Waals surface area contributed by atoms with Crippen molar-refractivity contribution in [3.05, 3.63) is 130 Å². The van der Waals surface area contributed by atoms with Gasteiger partial charge in [0.15, 0.2) is 0 Å². The van der Waals surface area contributed by atoms with Crippen molar-refractivity contribution >= 4 is 55.4 Å². The number of rotatable bonds is 12. The SMILES string of the molecule is O=C(Nc1ccc(/C=C/c2ccc(NC(=O)[C@@H]3CCCN3S(=O)(=O)Cc3cccc(C(F)(F)F)c3)cc2)cc1)[C@@H]1CCCN1S(=O)(=O)Cc1cccc(C(F)(F)F)c1. The monoisotopic (exact) mass is 848 g/mol. The van der Waals surface area contributed by atoms with Crippen LogP contribution in [0.5, 0.6) is 0 Å². The zero-order valence-corrected chi connectivity index (χ0v) is 32.3. The Kier molecular flexibility index (Phi) is 12.5. The third-order valence-electron chi connectivity index (χ3n) is 9.76. The van der Waals surface area contributed by atoms with E-state index in [2.05, 4.69) is 10.6 Å². The molecule has 0 aliphatic carbocycles. The number of sulfonamides is 2. The number of carbonyl (C=O) groups excluding carboxylic acids is 2. The lowest BCUT2D eigenvalue weighted by Gasteiger charge is -2.23. The van der Waals surface area contributed by atoms with Gasteiger partial charge >= 0.3 is 12.4 Å². The van der Waals surface area contributed by atoms with Crippen molar-refractivity contribution in [3.63, 3.8) is 0 Å². The van der Waals surface area contributed by atoms with Gasteiger partial charge in [0, 0.05) is 24.5 Å². The highest BCUT2D eigenvalue weighted by atomic mass is 32.2. The first-order valence-electron chi connectivity index (χ1n) is 18.1. The largest absolute Gasteiger partial charge is 0.416 e. The summed E-state index contributed by atoms with van der Waals surface area (Å²) < 4.78 is 134. The highest BCUT2D eigenvalue weighted by Crippen LogP contribution is 2.33. The molecule has 6 rings (SSSR count). The predicted molar refractivity (Wildman–Crippen MR) is 207 cm³/mol. The first-order valence-corrected chi connectivity index (χ1v) is 21.3. The average molecular weight is 849 g/mol. The molecule has 2 heterocycles. The number of nitrogens with zero attached hydrogens (tertiary/aromatic N) is 2. The Labute approximate surface area is 331 Å². The van der Waals surface area contributed by atoms with E-state index in [-0.39, 0.29) is 37.1 Å². The molecule has 0 radical (unpaired) electrons. The van der Waals surface area contributed by atoms with Gasteiger partial charge in [-0.15, -0.1) is 0 Å². The maximum atomic E-state index is 13.2. The second kappa shape index (κ2) is 17.1. The Morgan fingerprint density at radius 1 is 0.586 bits per heavy atom. The Hall–Kier alpha value is -5.04. The normalized spacial score (nSPS) is 18.4. The number of amides is 2. The van der Waals surface area contributed by atoms with E-state index in [1.807, 2.05) is 0 Å². The van der Waals surface area contributed by atoms with E-state index in [1.165, 1.54) is 12.1 Å². The molecular formula is C40H38F6N4O6S2. The van der Waals surface area contributed by atoms with Crippen molar-refractivity contribution in [2.75, 3.05) is 23.7 Å². The summed E-state index contributed by atoms with van der Waals surface area (Å²) in [6, 6.07) is 19.6. The van der Waals surface area contributed by atoms with E-state index < -0.39 is 78.9 Å². The Morgan fingerprint density at radius 2 is 0.948 bits per heavy atom. The lowest BCUT2D eigenvalue weighted by atomic mass is 10.1. The molecule has 2 aliphatic heterocycles. The van der Waals surface area contributed by atoms with Gasteiger partial charge in [-0.1, -0.05) is 72.8 Å². The van der Waals surface area contributed by atoms with Crippen molar-refractivity contribution in [2.24, 2.45) is 0 Å². The van der Waals surface area contributed by atoms with Crippen LogP contribution in [-0.4, -0.2) is 62.4 Å². The molecule has 0 aromatic heterocycles. The van der Waals surface area contributed by atoms with E-state index in [1.54, 1.807) is 60.7 Å².